The van der Waals surface area contributed by atoms with Crippen LogP contribution in [0.4, 0.5) is 5.69 Å². The second-order valence-electron chi connectivity index (χ2n) is 8.94. The number of hydrogen-bond donors (Lipinski definition) is 2. The molecule has 1 fully saturated rings. The summed E-state index contributed by atoms with van der Waals surface area (Å²) in [5.74, 6) is 0.565. The molecular weight excluding hydrogens is 414 g/mol. The number of nitrogens with one attached hydrogen (secondary N) is 2. The summed E-state index contributed by atoms with van der Waals surface area (Å²) in [6.07, 6.45) is 7.67. The van der Waals surface area contributed by atoms with Gasteiger partial charge in [-0.3, -0.25) is 0 Å². The maximum absolute atomic E-state index is 5.89. The van der Waals surface area contributed by atoms with Crippen LogP contribution >= 0.6 is 12.2 Å². The van der Waals surface area contributed by atoms with E-state index in [2.05, 4.69) is 65.8 Å². The van der Waals surface area contributed by atoms with E-state index in [9.17, 15) is 0 Å². The number of fused-ring (bicyclic) bond motifs is 1. The van der Waals surface area contributed by atoms with E-state index in [1.54, 1.807) is 0 Å². The van der Waals surface area contributed by atoms with Gasteiger partial charge in [0.25, 0.3) is 0 Å². The summed E-state index contributed by atoms with van der Waals surface area (Å²) in [4.78, 5) is 2.62. The fourth-order valence-corrected chi connectivity index (χ4v) is 4.89. The summed E-state index contributed by atoms with van der Waals surface area (Å²) in [6.45, 7) is 7.80. The van der Waals surface area contributed by atoms with Gasteiger partial charge in [-0.1, -0.05) is 37.3 Å². The molecule has 1 aliphatic rings. The van der Waals surface area contributed by atoms with E-state index >= 15 is 0 Å². The summed E-state index contributed by atoms with van der Waals surface area (Å²) in [5, 5.41) is 8.57. The Bertz CT molecular complexity index is 1010. The quantitative estimate of drug-likeness (QED) is 0.311. The van der Waals surface area contributed by atoms with Gasteiger partial charge >= 0.3 is 0 Å². The molecule has 0 bridgehead atoms. The molecule has 1 atom stereocenters. The monoisotopic (exact) mass is 449 g/mol. The molecule has 1 aliphatic heterocycles. The van der Waals surface area contributed by atoms with Crippen molar-refractivity contribution >= 4 is 34.0 Å². The predicted molar refractivity (Wildman–Crippen MR) is 139 cm³/mol. The van der Waals surface area contributed by atoms with Crippen molar-refractivity contribution in [2.75, 3.05) is 25.0 Å². The molecule has 0 radical (unpaired) electrons. The van der Waals surface area contributed by atoms with E-state index in [1.165, 1.54) is 48.9 Å². The normalized spacial score (nSPS) is 16.2. The highest BCUT2D eigenvalue weighted by Crippen LogP contribution is 2.36. The Balaban J connectivity index is 1.32. The fraction of sp³-hybridized carbons (Fsp3) is 0.444. The third-order valence-corrected chi connectivity index (χ3v) is 7.06. The zero-order valence-corrected chi connectivity index (χ0v) is 20.1. The molecule has 3 aromatic rings. The molecule has 5 heteroatoms. The van der Waals surface area contributed by atoms with Crippen LogP contribution in [-0.2, 0) is 6.42 Å². The molecule has 0 saturated carbocycles. The highest BCUT2D eigenvalue weighted by atomic mass is 32.1. The van der Waals surface area contributed by atoms with E-state index in [0.717, 1.165) is 30.7 Å². The summed E-state index contributed by atoms with van der Waals surface area (Å²) in [7, 11) is 0. The largest absolute Gasteiger partial charge is 0.464 e. The zero-order valence-electron chi connectivity index (χ0n) is 19.3. The van der Waals surface area contributed by atoms with Gasteiger partial charge in [0, 0.05) is 29.2 Å². The van der Waals surface area contributed by atoms with Crippen LogP contribution in [0.3, 0.4) is 0 Å². The Hall–Kier alpha value is -2.37. The van der Waals surface area contributed by atoms with Crippen LogP contribution in [0.25, 0.3) is 11.0 Å². The number of aryl methyl sites for hydroxylation is 1. The molecule has 0 spiro atoms. The molecule has 2 N–H and O–H groups in total. The minimum atomic E-state index is 0.565. The average Bonchev–Trinajstić information content (AvgIpc) is 3.25. The molecule has 1 aromatic heterocycles. The lowest BCUT2D eigenvalue weighted by Crippen LogP contribution is -2.39. The summed E-state index contributed by atoms with van der Waals surface area (Å²) < 4.78 is 5.89. The van der Waals surface area contributed by atoms with Gasteiger partial charge in [-0.25, -0.2) is 0 Å². The van der Waals surface area contributed by atoms with Crippen molar-refractivity contribution in [3.05, 3.63) is 65.9 Å². The third kappa shape index (κ3) is 5.70. The topological polar surface area (TPSA) is 40.4 Å². The molecule has 2 aromatic carbocycles. The molecule has 4 rings (SSSR count). The second-order valence-corrected chi connectivity index (χ2v) is 9.35. The Kier molecular flexibility index (Phi) is 7.82. The third-order valence-electron chi connectivity index (χ3n) is 6.82. The summed E-state index contributed by atoms with van der Waals surface area (Å²) in [6, 6.07) is 17.5. The van der Waals surface area contributed by atoms with Crippen LogP contribution in [0, 0.1) is 0 Å². The minimum Gasteiger partial charge on any atom is -0.464 e. The Morgan fingerprint density at radius 3 is 2.69 bits per heavy atom. The van der Waals surface area contributed by atoms with Crippen molar-refractivity contribution in [3.63, 3.8) is 0 Å². The van der Waals surface area contributed by atoms with Gasteiger partial charge in [0.05, 0.1) is 6.26 Å². The first-order valence-electron chi connectivity index (χ1n) is 12.0. The van der Waals surface area contributed by atoms with Crippen molar-refractivity contribution in [1.82, 2.24) is 10.2 Å². The van der Waals surface area contributed by atoms with Gasteiger partial charge in [-0.15, -0.1) is 0 Å². The van der Waals surface area contributed by atoms with Crippen LogP contribution in [-0.4, -0.2) is 35.7 Å². The molecule has 1 unspecified atom stereocenters. The van der Waals surface area contributed by atoms with E-state index in [1.807, 2.05) is 18.4 Å². The van der Waals surface area contributed by atoms with Crippen molar-refractivity contribution in [2.24, 2.45) is 0 Å². The number of rotatable bonds is 8. The van der Waals surface area contributed by atoms with E-state index in [-0.39, 0.29) is 0 Å². The van der Waals surface area contributed by atoms with Crippen LogP contribution in [0.2, 0.25) is 0 Å². The van der Waals surface area contributed by atoms with Crippen LogP contribution in [0.5, 0.6) is 0 Å². The summed E-state index contributed by atoms with van der Waals surface area (Å²) in [5.41, 5.74) is 4.67. The van der Waals surface area contributed by atoms with E-state index in [4.69, 9.17) is 16.6 Å². The number of furan rings is 1. The zero-order chi connectivity index (χ0) is 22.3. The number of nitrogens with zero attached hydrogens (tertiary/aromatic N) is 1. The lowest BCUT2D eigenvalue weighted by atomic mass is 9.88. The van der Waals surface area contributed by atoms with E-state index in [0.29, 0.717) is 17.1 Å². The fourth-order valence-electron chi connectivity index (χ4n) is 4.67. The maximum atomic E-state index is 5.89. The van der Waals surface area contributed by atoms with Crippen molar-refractivity contribution < 1.29 is 4.42 Å². The first kappa shape index (κ1) is 22.8. The molecule has 2 heterocycles. The number of hydrogen-bond acceptors (Lipinski definition) is 3. The smallest absolute Gasteiger partial charge is 0.170 e. The number of likely N-dealkylation sites (tertiary alicyclic amines) is 1. The molecule has 170 valence electrons. The first-order chi connectivity index (χ1) is 15.6. The number of thiocarbonyl (C=S) groups is 1. The van der Waals surface area contributed by atoms with E-state index < -0.39 is 0 Å². The molecule has 32 heavy (non-hydrogen) atoms. The van der Waals surface area contributed by atoms with Gasteiger partial charge in [0.1, 0.15) is 5.58 Å². The van der Waals surface area contributed by atoms with Crippen LogP contribution in [0.1, 0.15) is 56.6 Å². The van der Waals surface area contributed by atoms with Crippen LogP contribution < -0.4 is 10.6 Å². The highest BCUT2D eigenvalue weighted by molar-refractivity contribution is 7.80. The minimum absolute atomic E-state index is 0.565. The molecular formula is C27H35N3OS. The second kappa shape index (κ2) is 11.0. The van der Waals surface area contributed by atoms with Gasteiger partial charge in [-0.05, 0) is 94.0 Å². The van der Waals surface area contributed by atoms with Gasteiger partial charge in [-0.2, -0.15) is 0 Å². The lowest BCUT2D eigenvalue weighted by Gasteiger charge is -2.35. The average molecular weight is 450 g/mol. The maximum Gasteiger partial charge on any atom is 0.170 e. The van der Waals surface area contributed by atoms with Crippen molar-refractivity contribution in [1.29, 1.82) is 0 Å². The first-order valence-corrected chi connectivity index (χ1v) is 12.4. The summed E-state index contributed by atoms with van der Waals surface area (Å²) >= 11 is 5.52. The molecule has 0 amide bonds. The van der Waals surface area contributed by atoms with Gasteiger partial charge in [0.15, 0.2) is 5.11 Å². The van der Waals surface area contributed by atoms with Gasteiger partial charge < -0.3 is 20.0 Å². The number of anilines is 1. The van der Waals surface area contributed by atoms with Crippen LogP contribution in [0.15, 0.2) is 59.2 Å². The predicted octanol–water partition coefficient (Wildman–Crippen LogP) is 6.33. The lowest BCUT2D eigenvalue weighted by molar-refractivity contribution is 0.158. The Morgan fingerprint density at radius 2 is 1.94 bits per heavy atom. The number of benzene rings is 2. The van der Waals surface area contributed by atoms with Crippen molar-refractivity contribution in [2.45, 2.75) is 57.9 Å². The Labute approximate surface area is 197 Å². The molecule has 4 nitrogen and oxygen atoms in total. The highest BCUT2D eigenvalue weighted by Gasteiger charge is 2.25. The standard InChI is InChI=1S/C27H35N3OS/c1-3-20(2)30-16-13-22(14-17-30)25-19-31-26-12-11-23(18-24(25)26)29-27(32)28-15-7-10-21-8-5-4-6-9-21/h4-6,8-9,11-12,18-20,22H,3,7,10,13-17H2,1-2H3,(H2,28,29,32). The SMILES string of the molecule is CCC(C)N1CCC(c2coc3ccc(NC(=S)NCCCc4ccccc4)cc23)CC1. The van der Waals surface area contributed by atoms with Gasteiger partial charge in [0.2, 0.25) is 0 Å². The molecule has 1 saturated heterocycles. The Morgan fingerprint density at radius 1 is 1.16 bits per heavy atom. The molecule has 0 aliphatic carbocycles. The van der Waals surface area contributed by atoms with Crippen molar-refractivity contribution in [3.8, 4) is 0 Å². The number of piperidine rings is 1.